The van der Waals surface area contributed by atoms with Crippen LogP contribution >= 0.6 is 0 Å². The van der Waals surface area contributed by atoms with Gasteiger partial charge in [-0.25, -0.2) is 24.7 Å². The lowest BCUT2D eigenvalue weighted by Gasteiger charge is -2.23. The molecule has 2 aliphatic rings. The van der Waals surface area contributed by atoms with E-state index in [4.69, 9.17) is 19.4 Å². The maximum absolute atomic E-state index is 12.7. The van der Waals surface area contributed by atoms with Crippen LogP contribution in [0.15, 0.2) is 30.9 Å². The van der Waals surface area contributed by atoms with Crippen molar-refractivity contribution in [3.8, 4) is 5.75 Å². The highest BCUT2D eigenvalue weighted by molar-refractivity contribution is 5.90. The van der Waals surface area contributed by atoms with Crippen molar-refractivity contribution >= 4 is 17.8 Å². The van der Waals surface area contributed by atoms with Crippen molar-refractivity contribution in [2.45, 2.75) is 12.3 Å². The number of carbonyl (C=O) groups is 2. The molecule has 1 N–H and O–H groups in total. The number of carboxylic acid groups (broad SMARTS) is 1. The van der Waals surface area contributed by atoms with E-state index in [2.05, 4.69) is 24.8 Å². The van der Waals surface area contributed by atoms with Crippen molar-refractivity contribution in [2.24, 2.45) is 5.92 Å². The third kappa shape index (κ3) is 6.25. The molecule has 2 fully saturated rings. The molecule has 4 heterocycles. The normalized spacial score (nSPS) is 20.2. The molecule has 14 heteroatoms. The van der Waals surface area contributed by atoms with E-state index in [0.29, 0.717) is 31.4 Å². The second kappa shape index (κ2) is 10.4. The molecule has 2 aromatic rings. The van der Waals surface area contributed by atoms with Crippen LogP contribution in [-0.2, 0) is 9.53 Å². The van der Waals surface area contributed by atoms with Crippen LogP contribution in [0.1, 0.15) is 10.6 Å². The molecular formula is C19H21F3N6O5. The van der Waals surface area contributed by atoms with Crippen LogP contribution in [-0.4, -0.2) is 94.0 Å². The molecular weight excluding hydrogens is 449 g/mol. The third-order valence-corrected chi connectivity index (χ3v) is 4.95. The van der Waals surface area contributed by atoms with Crippen molar-refractivity contribution in [3.05, 3.63) is 36.7 Å². The molecule has 11 nitrogen and oxygen atoms in total. The van der Waals surface area contributed by atoms with E-state index in [-0.39, 0.29) is 23.8 Å². The summed E-state index contributed by atoms with van der Waals surface area (Å²) in [7, 11) is 1.54. The highest BCUT2D eigenvalue weighted by atomic mass is 19.4. The largest absolute Gasteiger partial charge is 0.494 e. The van der Waals surface area contributed by atoms with Crippen molar-refractivity contribution in [1.82, 2.24) is 24.8 Å². The molecule has 0 saturated carbocycles. The quantitative estimate of drug-likeness (QED) is 0.690. The molecule has 0 unspecified atom stereocenters. The van der Waals surface area contributed by atoms with E-state index in [1.807, 2.05) is 0 Å². The van der Waals surface area contributed by atoms with Crippen LogP contribution in [0.3, 0.4) is 0 Å². The first-order valence-electron chi connectivity index (χ1n) is 9.78. The molecule has 0 bridgehead atoms. The van der Waals surface area contributed by atoms with Crippen molar-refractivity contribution in [2.75, 3.05) is 44.8 Å². The number of amides is 1. The average Bonchev–Trinajstić information content (AvgIpc) is 3.10. The summed E-state index contributed by atoms with van der Waals surface area (Å²) >= 11 is 0. The lowest BCUT2D eigenvalue weighted by atomic mass is 10.1. The predicted molar refractivity (Wildman–Crippen MR) is 106 cm³/mol. The van der Waals surface area contributed by atoms with Gasteiger partial charge >= 0.3 is 12.1 Å². The summed E-state index contributed by atoms with van der Waals surface area (Å²) in [4.78, 5) is 42.3. The Morgan fingerprint density at radius 2 is 1.76 bits per heavy atom. The molecule has 178 valence electrons. The summed E-state index contributed by atoms with van der Waals surface area (Å²) in [6, 6.07) is 1.80. The Bertz CT molecular complexity index is 947. The molecule has 0 spiro atoms. The zero-order valence-electron chi connectivity index (χ0n) is 17.5. The van der Waals surface area contributed by atoms with Gasteiger partial charge in [0.05, 0.1) is 32.2 Å². The number of alkyl halides is 3. The van der Waals surface area contributed by atoms with Crippen LogP contribution in [0.25, 0.3) is 0 Å². The first-order chi connectivity index (χ1) is 15.7. The van der Waals surface area contributed by atoms with Gasteiger partial charge in [-0.15, -0.1) is 0 Å². The fraction of sp³-hybridized carbons (Fsp3) is 0.474. The Labute approximate surface area is 186 Å². The fourth-order valence-electron chi connectivity index (χ4n) is 3.37. The molecule has 2 saturated heterocycles. The summed E-state index contributed by atoms with van der Waals surface area (Å²) in [6.07, 6.45) is 1.39. The second-order valence-electron chi connectivity index (χ2n) is 7.12. The summed E-state index contributed by atoms with van der Waals surface area (Å²) in [5, 5.41) is 7.12. The average molecular weight is 470 g/mol. The molecule has 2 atom stereocenters. The number of carbonyl (C=O) groups excluding carboxylic acids is 1. The lowest BCUT2D eigenvalue weighted by Crippen LogP contribution is -2.35. The van der Waals surface area contributed by atoms with E-state index < -0.39 is 12.1 Å². The van der Waals surface area contributed by atoms with Crippen LogP contribution < -0.4 is 9.64 Å². The van der Waals surface area contributed by atoms with Gasteiger partial charge in [0.1, 0.15) is 0 Å². The highest BCUT2D eigenvalue weighted by Gasteiger charge is 2.40. The van der Waals surface area contributed by atoms with Gasteiger partial charge in [0, 0.05) is 44.5 Å². The monoisotopic (exact) mass is 470 g/mol. The number of carboxylic acids is 1. The van der Waals surface area contributed by atoms with E-state index in [0.717, 1.165) is 13.1 Å². The van der Waals surface area contributed by atoms with Gasteiger partial charge in [-0.2, -0.15) is 13.2 Å². The molecule has 2 aliphatic heterocycles. The zero-order valence-corrected chi connectivity index (χ0v) is 17.5. The van der Waals surface area contributed by atoms with Crippen LogP contribution in [0.2, 0.25) is 0 Å². The van der Waals surface area contributed by atoms with Gasteiger partial charge in [0.25, 0.3) is 5.91 Å². The number of nitrogens with zero attached hydrogens (tertiary/aromatic N) is 6. The summed E-state index contributed by atoms with van der Waals surface area (Å²) in [6.45, 7) is 3.22. The number of hydrogen-bond donors (Lipinski definition) is 1. The maximum atomic E-state index is 12.7. The van der Waals surface area contributed by atoms with Gasteiger partial charge < -0.3 is 24.4 Å². The minimum absolute atomic E-state index is 0.00547. The smallest absolute Gasteiger partial charge is 0.490 e. The first-order valence-corrected chi connectivity index (χ1v) is 9.78. The summed E-state index contributed by atoms with van der Waals surface area (Å²) in [5.41, 5.74) is 0. The van der Waals surface area contributed by atoms with Gasteiger partial charge in [0.15, 0.2) is 5.75 Å². The number of fused-ring (bicyclic) bond motifs is 1. The van der Waals surface area contributed by atoms with Crippen LogP contribution in [0.5, 0.6) is 5.75 Å². The van der Waals surface area contributed by atoms with E-state index in [9.17, 15) is 18.0 Å². The van der Waals surface area contributed by atoms with Gasteiger partial charge in [0.2, 0.25) is 11.8 Å². The zero-order chi connectivity index (χ0) is 24.0. The molecule has 0 aromatic carbocycles. The maximum Gasteiger partial charge on any atom is 0.490 e. The fourth-order valence-corrected chi connectivity index (χ4v) is 3.37. The highest BCUT2D eigenvalue weighted by Crippen LogP contribution is 2.26. The van der Waals surface area contributed by atoms with Crippen molar-refractivity contribution in [1.29, 1.82) is 0 Å². The predicted octanol–water partition coefficient (Wildman–Crippen LogP) is 0.886. The number of rotatable bonds is 3. The minimum atomic E-state index is -5.08. The molecule has 33 heavy (non-hydrogen) atoms. The Morgan fingerprint density at radius 1 is 1.12 bits per heavy atom. The van der Waals surface area contributed by atoms with Gasteiger partial charge in [-0.3, -0.25) is 4.79 Å². The molecule has 2 aromatic heterocycles. The molecule has 0 radical (unpaired) electrons. The van der Waals surface area contributed by atoms with Gasteiger partial charge in [-0.1, -0.05) is 0 Å². The number of halogens is 3. The van der Waals surface area contributed by atoms with Crippen LogP contribution in [0.4, 0.5) is 19.1 Å². The van der Waals surface area contributed by atoms with E-state index in [1.165, 1.54) is 19.5 Å². The Balaban J connectivity index is 0.000000383. The lowest BCUT2D eigenvalue weighted by molar-refractivity contribution is -0.192. The van der Waals surface area contributed by atoms with Crippen molar-refractivity contribution in [3.63, 3.8) is 0 Å². The topological polar surface area (TPSA) is 131 Å². The molecule has 1 amide bonds. The summed E-state index contributed by atoms with van der Waals surface area (Å²) < 4.78 is 42.7. The second-order valence-corrected chi connectivity index (χ2v) is 7.12. The Kier molecular flexibility index (Phi) is 7.58. The number of likely N-dealkylation sites (tertiary alicyclic amines) is 1. The SMILES string of the molecule is COc1cnc(C(=O)N2C[C@@H]3CN(c4ncccn4)CCO[C@@H]3C2)nc1.O=C(O)C(F)(F)F. The standard InChI is InChI=1S/C17H20N6O3.C2HF3O2/c1-25-13-7-20-15(21-8-13)16(24)23-10-12-9-22(5-6-26-14(12)11-23)17-18-3-2-4-19-17;3-2(4,5)1(6)7/h2-4,7-8,12,14H,5-6,9-11H2,1H3;(H,6,7)/t12-,14+;/m0./s1. The molecule has 0 aliphatic carbocycles. The number of ether oxygens (including phenoxy) is 2. The molecule has 4 rings (SSSR count). The van der Waals surface area contributed by atoms with E-state index >= 15 is 0 Å². The number of hydrogen-bond acceptors (Lipinski definition) is 9. The Morgan fingerprint density at radius 3 is 2.33 bits per heavy atom. The van der Waals surface area contributed by atoms with Crippen molar-refractivity contribution < 1.29 is 37.3 Å². The van der Waals surface area contributed by atoms with Crippen LogP contribution in [0, 0.1) is 5.92 Å². The first kappa shape index (κ1) is 24.1. The minimum Gasteiger partial charge on any atom is -0.494 e. The number of aliphatic carboxylic acids is 1. The summed E-state index contributed by atoms with van der Waals surface area (Å²) in [5.74, 6) is -1.36. The van der Waals surface area contributed by atoms with E-state index in [1.54, 1.807) is 23.4 Å². The third-order valence-electron chi connectivity index (χ3n) is 4.95. The van der Waals surface area contributed by atoms with Gasteiger partial charge in [-0.05, 0) is 6.07 Å². The number of aromatic nitrogens is 4. The number of methoxy groups -OCH3 is 1. The number of anilines is 1. The Hall–Kier alpha value is -3.55.